The Bertz CT molecular complexity index is 1130. The molecule has 0 bridgehead atoms. The number of nitro benzene ring substituents is 1. The monoisotopic (exact) mass is 445 g/mol. The number of carbonyl (C=O) groups is 2. The fourth-order valence-electron chi connectivity index (χ4n) is 2.62. The molecule has 2 N–H and O–H groups in total. The minimum atomic E-state index is -0.862. The van der Waals surface area contributed by atoms with Gasteiger partial charge in [-0.2, -0.15) is 5.26 Å². The van der Waals surface area contributed by atoms with Gasteiger partial charge in [0.25, 0.3) is 11.6 Å². The van der Waals surface area contributed by atoms with E-state index in [-0.39, 0.29) is 28.5 Å². The van der Waals surface area contributed by atoms with Crippen molar-refractivity contribution in [1.29, 1.82) is 5.26 Å². The number of phenolic OH excluding ortho intramolecular Hbond substituents is 1. The van der Waals surface area contributed by atoms with Crippen molar-refractivity contribution in [3.63, 3.8) is 0 Å². The van der Waals surface area contributed by atoms with E-state index in [4.69, 9.17) is 9.47 Å². The lowest BCUT2D eigenvalue weighted by Gasteiger charge is -2.08. The lowest BCUT2D eigenvalue weighted by molar-refractivity contribution is -0.385. The number of non-ortho nitro benzene ring substituents is 1. The highest BCUT2D eigenvalue weighted by Crippen LogP contribution is 2.36. The molecule has 1 heterocycles. The van der Waals surface area contributed by atoms with Gasteiger partial charge < -0.3 is 19.9 Å². The predicted octanol–water partition coefficient (Wildman–Crippen LogP) is 3.71. The van der Waals surface area contributed by atoms with Gasteiger partial charge in [-0.3, -0.25) is 14.9 Å². The second kappa shape index (κ2) is 9.73. The molecule has 0 aliphatic heterocycles. The Morgan fingerprint density at radius 2 is 2.06 bits per heavy atom. The van der Waals surface area contributed by atoms with Crippen molar-refractivity contribution in [2.75, 3.05) is 19.0 Å². The summed E-state index contributed by atoms with van der Waals surface area (Å²) < 4.78 is 9.94. The molecule has 31 heavy (non-hydrogen) atoms. The molecule has 0 aliphatic carbocycles. The Balaban J connectivity index is 2.47. The van der Waals surface area contributed by atoms with Crippen LogP contribution in [-0.4, -0.2) is 35.6 Å². The third kappa shape index (κ3) is 4.99. The summed E-state index contributed by atoms with van der Waals surface area (Å²) in [5.74, 6) is -2.13. The van der Waals surface area contributed by atoms with Crippen LogP contribution in [0.2, 0.25) is 0 Å². The molecular weight excluding hydrogens is 426 g/mol. The van der Waals surface area contributed by atoms with E-state index in [1.807, 2.05) is 0 Å². The molecule has 0 aliphatic rings. The number of ether oxygens (including phenoxy) is 2. The van der Waals surface area contributed by atoms with Crippen LogP contribution in [0.4, 0.5) is 10.7 Å². The summed E-state index contributed by atoms with van der Waals surface area (Å²) in [7, 11) is 1.21. The molecule has 1 amide bonds. The number of aromatic hydroxyl groups is 1. The van der Waals surface area contributed by atoms with Gasteiger partial charge >= 0.3 is 5.97 Å². The lowest BCUT2D eigenvalue weighted by atomic mass is 10.1. The molecule has 0 unspecified atom stereocenters. The lowest BCUT2D eigenvalue weighted by Crippen LogP contribution is -2.16. The van der Waals surface area contributed by atoms with Crippen molar-refractivity contribution in [1.82, 2.24) is 0 Å². The summed E-state index contributed by atoms with van der Waals surface area (Å²) >= 11 is 1.15. The molecule has 0 saturated carbocycles. The van der Waals surface area contributed by atoms with Gasteiger partial charge in [0.05, 0.1) is 30.3 Å². The van der Waals surface area contributed by atoms with Gasteiger partial charge in [0.15, 0.2) is 11.5 Å². The first kappa shape index (κ1) is 23.4. The van der Waals surface area contributed by atoms with Crippen LogP contribution in [-0.2, 0) is 9.53 Å². The van der Waals surface area contributed by atoms with Crippen LogP contribution in [0.1, 0.15) is 33.3 Å². The summed E-state index contributed by atoms with van der Waals surface area (Å²) in [5, 5.41) is 33.5. The fraction of sp³-hybridized carbons (Fsp3) is 0.250. The predicted molar refractivity (Wildman–Crippen MR) is 113 cm³/mol. The molecule has 11 heteroatoms. The van der Waals surface area contributed by atoms with E-state index in [2.05, 4.69) is 5.32 Å². The molecular formula is C20H19N3O7S. The van der Waals surface area contributed by atoms with E-state index in [0.717, 1.165) is 34.4 Å². The van der Waals surface area contributed by atoms with Gasteiger partial charge in [-0.05, 0) is 32.4 Å². The van der Waals surface area contributed by atoms with E-state index < -0.39 is 33.8 Å². The number of amides is 1. The number of nitriles is 1. The largest absolute Gasteiger partial charge is 0.504 e. The minimum Gasteiger partial charge on any atom is -0.504 e. The van der Waals surface area contributed by atoms with Gasteiger partial charge in [-0.25, -0.2) is 4.79 Å². The van der Waals surface area contributed by atoms with Crippen LogP contribution in [0.5, 0.6) is 11.5 Å². The number of esters is 1. The Hall–Kier alpha value is -3.91. The van der Waals surface area contributed by atoms with Crippen LogP contribution in [0.15, 0.2) is 17.7 Å². The topological polar surface area (TPSA) is 152 Å². The molecule has 1 aromatic heterocycles. The first-order valence-electron chi connectivity index (χ1n) is 8.90. The van der Waals surface area contributed by atoms with Crippen LogP contribution < -0.4 is 10.1 Å². The second-order valence-corrected chi connectivity index (χ2v) is 7.40. The van der Waals surface area contributed by atoms with E-state index in [0.29, 0.717) is 5.56 Å². The number of rotatable bonds is 7. The SMILES string of the molecule is CCOC(=O)c1c(NC(=O)C(C#N)=Cc2cc([N+](=O)[O-])cc(OC)c2O)sc(C)c1C. The van der Waals surface area contributed by atoms with Crippen LogP contribution in [0.3, 0.4) is 0 Å². The highest BCUT2D eigenvalue weighted by Gasteiger charge is 2.24. The van der Waals surface area contributed by atoms with E-state index >= 15 is 0 Å². The average molecular weight is 445 g/mol. The van der Waals surface area contributed by atoms with Gasteiger partial charge in [0.1, 0.15) is 16.6 Å². The fourth-order valence-corrected chi connectivity index (χ4v) is 3.67. The van der Waals surface area contributed by atoms with Crippen molar-refractivity contribution in [2.24, 2.45) is 0 Å². The molecule has 10 nitrogen and oxygen atoms in total. The number of phenols is 1. The Morgan fingerprint density at radius 3 is 2.61 bits per heavy atom. The maximum atomic E-state index is 12.7. The highest BCUT2D eigenvalue weighted by molar-refractivity contribution is 7.16. The molecule has 0 atom stereocenters. The number of nitro groups is 1. The number of aryl methyl sites for hydroxylation is 1. The van der Waals surface area contributed by atoms with Gasteiger partial charge in [0, 0.05) is 16.5 Å². The first-order valence-corrected chi connectivity index (χ1v) is 9.71. The van der Waals surface area contributed by atoms with Gasteiger partial charge in [-0.1, -0.05) is 0 Å². The molecule has 0 spiro atoms. The van der Waals surface area contributed by atoms with Crippen molar-refractivity contribution < 1.29 is 29.1 Å². The number of thiophene rings is 1. The molecule has 1 aromatic carbocycles. The number of carbonyl (C=O) groups excluding carboxylic acids is 2. The number of methoxy groups -OCH3 is 1. The summed E-state index contributed by atoms with van der Waals surface area (Å²) in [6.45, 7) is 5.29. The Labute approximate surface area is 181 Å². The van der Waals surface area contributed by atoms with Crippen molar-refractivity contribution in [3.05, 3.63) is 49.4 Å². The number of hydrogen-bond acceptors (Lipinski definition) is 9. The van der Waals surface area contributed by atoms with Crippen LogP contribution in [0, 0.1) is 35.3 Å². The summed E-state index contributed by atoms with van der Waals surface area (Å²) in [5.41, 5.74) is -0.164. The third-order valence-electron chi connectivity index (χ3n) is 4.28. The summed E-state index contributed by atoms with van der Waals surface area (Å²) in [6.07, 6.45) is 0.998. The van der Waals surface area contributed by atoms with Crippen molar-refractivity contribution in [2.45, 2.75) is 20.8 Å². The highest BCUT2D eigenvalue weighted by atomic mass is 32.1. The zero-order valence-corrected chi connectivity index (χ0v) is 18.0. The van der Waals surface area contributed by atoms with E-state index in [9.17, 15) is 30.1 Å². The smallest absolute Gasteiger partial charge is 0.341 e. The number of nitrogens with zero attached hydrogens (tertiary/aromatic N) is 2. The quantitative estimate of drug-likeness (QED) is 0.215. The van der Waals surface area contributed by atoms with Gasteiger partial charge in [0.2, 0.25) is 0 Å². The first-order chi connectivity index (χ1) is 14.6. The van der Waals surface area contributed by atoms with E-state index in [1.54, 1.807) is 26.8 Å². The molecule has 0 fully saturated rings. The van der Waals surface area contributed by atoms with Crippen LogP contribution >= 0.6 is 11.3 Å². The van der Waals surface area contributed by atoms with Crippen molar-refractivity contribution >= 4 is 40.0 Å². The molecule has 0 radical (unpaired) electrons. The standard InChI is InChI=1S/C20H19N3O7S/c1-5-30-20(26)16-10(2)11(3)31-19(16)22-18(25)13(9-21)6-12-7-14(23(27)28)8-15(29-4)17(12)24/h6-8,24H,5H2,1-4H3,(H,22,25). The normalized spacial score (nSPS) is 10.9. The number of anilines is 1. The number of hydrogen-bond donors (Lipinski definition) is 2. The Morgan fingerprint density at radius 1 is 1.39 bits per heavy atom. The third-order valence-corrected chi connectivity index (χ3v) is 5.40. The second-order valence-electron chi connectivity index (χ2n) is 6.17. The zero-order chi connectivity index (χ0) is 23.3. The summed E-state index contributed by atoms with van der Waals surface area (Å²) in [4.78, 5) is 36.2. The molecule has 2 rings (SSSR count). The average Bonchev–Trinajstić information content (AvgIpc) is 3.00. The number of nitrogens with one attached hydrogen (secondary N) is 1. The Kier molecular flexibility index (Phi) is 7.33. The summed E-state index contributed by atoms with van der Waals surface area (Å²) in [6, 6.07) is 3.72. The minimum absolute atomic E-state index is 0.151. The van der Waals surface area contributed by atoms with Crippen LogP contribution in [0.25, 0.3) is 6.08 Å². The number of benzene rings is 1. The molecule has 2 aromatic rings. The maximum absolute atomic E-state index is 12.7. The molecule has 162 valence electrons. The van der Waals surface area contributed by atoms with E-state index in [1.165, 1.54) is 7.11 Å². The zero-order valence-electron chi connectivity index (χ0n) is 17.1. The maximum Gasteiger partial charge on any atom is 0.341 e. The molecule has 0 saturated heterocycles. The van der Waals surface area contributed by atoms with Gasteiger partial charge in [-0.15, -0.1) is 11.3 Å². The van der Waals surface area contributed by atoms with Crippen molar-refractivity contribution in [3.8, 4) is 17.6 Å².